The van der Waals surface area contributed by atoms with Gasteiger partial charge in [-0.25, -0.2) is 0 Å². The van der Waals surface area contributed by atoms with Crippen molar-refractivity contribution in [3.05, 3.63) is 57.5 Å². The summed E-state index contributed by atoms with van der Waals surface area (Å²) in [6.07, 6.45) is 1.94. The van der Waals surface area contributed by atoms with Gasteiger partial charge in [0.2, 0.25) is 5.88 Å². The number of thiophene rings is 1. The molecule has 0 spiro atoms. The van der Waals surface area contributed by atoms with Gasteiger partial charge in [-0.1, -0.05) is 0 Å². The van der Waals surface area contributed by atoms with Crippen LogP contribution in [0.3, 0.4) is 0 Å². The quantitative estimate of drug-likeness (QED) is 0.935. The summed E-state index contributed by atoms with van der Waals surface area (Å²) in [6, 6.07) is 6.09. The second-order valence-electron chi connectivity index (χ2n) is 4.66. The second kappa shape index (κ2) is 4.75. The van der Waals surface area contributed by atoms with Crippen LogP contribution in [0.4, 0.5) is 0 Å². The largest absolute Gasteiger partial charge is 0.465 e. The second-order valence-corrected chi connectivity index (χ2v) is 5.61. The monoisotopic (exact) mass is 276 g/mol. The van der Waals surface area contributed by atoms with Crippen molar-refractivity contribution in [2.75, 3.05) is 0 Å². The molecule has 19 heavy (non-hydrogen) atoms. The molecule has 3 rings (SSSR count). The highest BCUT2D eigenvalue weighted by Gasteiger charge is 2.30. The van der Waals surface area contributed by atoms with Crippen LogP contribution in [0.5, 0.6) is 0 Å². The standard InChI is InChI=1S/C14H16N2O2S/c1-9-5-6-19-14(9)12-7-13(15)18-16(12)8-11-4-3-10(2)17-11/h3-7,12H,8,15H2,1-2H3. The summed E-state index contributed by atoms with van der Waals surface area (Å²) < 4.78 is 5.59. The fraction of sp³-hybridized carbons (Fsp3) is 0.286. The average molecular weight is 276 g/mol. The number of hydroxylamine groups is 2. The van der Waals surface area contributed by atoms with Crippen molar-refractivity contribution in [3.8, 4) is 0 Å². The zero-order chi connectivity index (χ0) is 13.4. The van der Waals surface area contributed by atoms with Gasteiger partial charge in [0.25, 0.3) is 0 Å². The fourth-order valence-corrected chi connectivity index (χ4v) is 3.21. The smallest absolute Gasteiger partial charge is 0.207 e. The lowest BCUT2D eigenvalue weighted by molar-refractivity contribution is -0.130. The Bertz CT molecular complexity index is 614. The van der Waals surface area contributed by atoms with E-state index in [0.717, 1.165) is 11.5 Å². The number of rotatable bonds is 3. The Labute approximate surface area is 116 Å². The van der Waals surface area contributed by atoms with E-state index in [2.05, 4.69) is 18.4 Å². The zero-order valence-electron chi connectivity index (χ0n) is 10.9. The molecule has 4 nitrogen and oxygen atoms in total. The van der Waals surface area contributed by atoms with Gasteiger partial charge >= 0.3 is 0 Å². The minimum Gasteiger partial charge on any atom is -0.465 e. The average Bonchev–Trinajstić information content (AvgIpc) is 3.02. The first-order valence-electron chi connectivity index (χ1n) is 6.14. The summed E-state index contributed by atoms with van der Waals surface area (Å²) in [6.45, 7) is 4.61. The zero-order valence-corrected chi connectivity index (χ0v) is 11.7. The molecule has 0 radical (unpaired) electrons. The van der Waals surface area contributed by atoms with Crippen molar-refractivity contribution in [2.45, 2.75) is 26.4 Å². The van der Waals surface area contributed by atoms with Crippen LogP contribution < -0.4 is 5.73 Å². The Kier molecular flexibility index (Phi) is 3.08. The van der Waals surface area contributed by atoms with Crippen LogP contribution in [0.15, 0.2) is 40.0 Å². The third-order valence-corrected chi connectivity index (χ3v) is 4.22. The third kappa shape index (κ3) is 2.39. The highest BCUT2D eigenvalue weighted by atomic mass is 32.1. The minimum atomic E-state index is 0.0606. The number of aryl methyl sites for hydroxylation is 2. The van der Waals surface area contributed by atoms with Crippen molar-refractivity contribution >= 4 is 11.3 Å². The van der Waals surface area contributed by atoms with Gasteiger partial charge in [-0.05, 0) is 43.0 Å². The summed E-state index contributed by atoms with van der Waals surface area (Å²) in [5.74, 6) is 2.22. The summed E-state index contributed by atoms with van der Waals surface area (Å²) in [7, 11) is 0. The third-order valence-electron chi connectivity index (χ3n) is 3.13. The molecule has 0 saturated carbocycles. The topological polar surface area (TPSA) is 51.6 Å². The molecule has 0 aromatic carbocycles. The van der Waals surface area contributed by atoms with Gasteiger partial charge in [0.1, 0.15) is 17.6 Å². The van der Waals surface area contributed by atoms with Crippen molar-refractivity contribution < 1.29 is 9.25 Å². The van der Waals surface area contributed by atoms with Crippen LogP contribution in [-0.2, 0) is 11.4 Å². The van der Waals surface area contributed by atoms with Crippen molar-refractivity contribution in [1.82, 2.24) is 5.06 Å². The predicted octanol–water partition coefficient (Wildman–Crippen LogP) is 3.25. The molecular formula is C14H16N2O2S. The van der Waals surface area contributed by atoms with Crippen LogP contribution in [0.1, 0.15) is 28.0 Å². The van der Waals surface area contributed by atoms with Gasteiger partial charge in [0.05, 0.1) is 6.54 Å². The summed E-state index contributed by atoms with van der Waals surface area (Å²) in [5, 5.41) is 3.94. The summed E-state index contributed by atoms with van der Waals surface area (Å²) >= 11 is 1.72. The van der Waals surface area contributed by atoms with E-state index in [1.807, 2.05) is 30.2 Å². The first-order chi connectivity index (χ1) is 9.13. The molecule has 3 heterocycles. The molecule has 5 heteroatoms. The van der Waals surface area contributed by atoms with Gasteiger partial charge < -0.3 is 15.0 Å². The molecule has 1 unspecified atom stereocenters. The molecule has 0 bridgehead atoms. The van der Waals surface area contributed by atoms with Gasteiger partial charge in [0.15, 0.2) is 0 Å². The van der Waals surface area contributed by atoms with Crippen molar-refractivity contribution in [2.24, 2.45) is 5.73 Å². The molecule has 2 N–H and O–H groups in total. The fourth-order valence-electron chi connectivity index (χ4n) is 2.21. The summed E-state index contributed by atoms with van der Waals surface area (Å²) in [4.78, 5) is 6.84. The highest BCUT2D eigenvalue weighted by Crippen LogP contribution is 2.35. The molecule has 2 aromatic rings. The molecule has 1 aliphatic heterocycles. The van der Waals surface area contributed by atoms with E-state index in [0.29, 0.717) is 12.4 Å². The van der Waals surface area contributed by atoms with Gasteiger partial charge in [0, 0.05) is 11.0 Å². The molecule has 0 fully saturated rings. The molecule has 0 aliphatic carbocycles. The van der Waals surface area contributed by atoms with Crippen LogP contribution in [0, 0.1) is 13.8 Å². The van der Waals surface area contributed by atoms with Crippen LogP contribution in [0.2, 0.25) is 0 Å². The van der Waals surface area contributed by atoms with Crippen molar-refractivity contribution in [3.63, 3.8) is 0 Å². The number of nitrogens with two attached hydrogens (primary N) is 1. The predicted molar refractivity (Wildman–Crippen MR) is 74.1 cm³/mol. The van der Waals surface area contributed by atoms with E-state index in [9.17, 15) is 0 Å². The maximum atomic E-state index is 5.80. The van der Waals surface area contributed by atoms with Gasteiger partial charge in [-0.3, -0.25) is 0 Å². The number of furan rings is 1. The molecule has 100 valence electrons. The Morgan fingerprint density at radius 1 is 1.32 bits per heavy atom. The lowest BCUT2D eigenvalue weighted by Gasteiger charge is -2.21. The van der Waals surface area contributed by atoms with E-state index in [1.54, 1.807) is 11.3 Å². The molecule has 1 aliphatic rings. The molecule has 1 atom stereocenters. The number of nitrogens with zero attached hydrogens (tertiary/aromatic N) is 1. The Balaban J connectivity index is 1.83. The van der Waals surface area contributed by atoms with Crippen LogP contribution >= 0.6 is 11.3 Å². The van der Waals surface area contributed by atoms with Crippen molar-refractivity contribution in [1.29, 1.82) is 0 Å². The van der Waals surface area contributed by atoms with E-state index in [4.69, 9.17) is 15.0 Å². The molecule has 0 saturated heterocycles. The lowest BCUT2D eigenvalue weighted by atomic mass is 10.1. The lowest BCUT2D eigenvalue weighted by Crippen LogP contribution is -2.22. The molecule has 0 amide bonds. The minimum absolute atomic E-state index is 0.0606. The Morgan fingerprint density at radius 3 is 2.79 bits per heavy atom. The molecular weight excluding hydrogens is 260 g/mol. The van der Waals surface area contributed by atoms with E-state index < -0.39 is 0 Å². The van der Waals surface area contributed by atoms with Gasteiger partial charge in [-0.2, -0.15) is 0 Å². The van der Waals surface area contributed by atoms with Gasteiger partial charge in [-0.15, -0.1) is 16.4 Å². The van der Waals surface area contributed by atoms with E-state index in [-0.39, 0.29) is 6.04 Å². The van der Waals surface area contributed by atoms with Crippen LogP contribution in [0.25, 0.3) is 0 Å². The van der Waals surface area contributed by atoms with E-state index >= 15 is 0 Å². The van der Waals surface area contributed by atoms with E-state index in [1.165, 1.54) is 10.4 Å². The number of hydrogen-bond acceptors (Lipinski definition) is 5. The maximum Gasteiger partial charge on any atom is 0.207 e. The Morgan fingerprint density at radius 2 is 2.16 bits per heavy atom. The highest BCUT2D eigenvalue weighted by molar-refractivity contribution is 7.10. The first-order valence-corrected chi connectivity index (χ1v) is 7.02. The Hall–Kier alpha value is -1.72. The SMILES string of the molecule is Cc1ccc(CN2OC(N)=CC2c2sccc2C)o1. The maximum absolute atomic E-state index is 5.80. The number of hydrogen-bond donors (Lipinski definition) is 1. The summed E-state index contributed by atoms with van der Waals surface area (Å²) in [5.41, 5.74) is 7.06. The van der Waals surface area contributed by atoms with Crippen LogP contribution in [-0.4, -0.2) is 5.06 Å². The molecule has 2 aromatic heterocycles. The first kappa shape index (κ1) is 12.3. The normalized spacial score (nSPS) is 19.5.